The SMILES string of the molecule is Cc1cccc(N(c2ccc(-c3ccccc3)cc2)c2ccc(-c3ccccc3)cc2)c1. The lowest BCUT2D eigenvalue weighted by Gasteiger charge is -2.26. The maximum Gasteiger partial charge on any atom is 0.0464 e. The molecule has 0 aromatic heterocycles. The summed E-state index contributed by atoms with van der Waals surface area (Å²) < 4.78 is 0. The van der Waals surface area contributed by atoms with Gasteiger partial charge in [-0.15, -0.1) is 0 Å². The fourth-order valence-corrected chi connectivity index (χ4v) is 4.08. The van der Waals surface area contributed by atoms with E-state index in [1.165, 1.54) is 27.8 Å². The van der Waals surface area contributed by atoms with Gasteiger partial charge in [-0.1, -0.05) is 97.1 Å². The van der Waals surface area contributed by atoms with Crippen LogP contribution in [0.25, 0.3) is 22.3 Å². The van der Waals surface area contributed by atoms with E-state index in [1.54, 1.807) is 0 Å². The van der Waals surface area contributed by atoms with E-state index in [2.05, 4.69) is 145 Å². The fourth-order valence-electron chi connectivity index (χ4n) is 4.08. The van der Waals surface area contributed by atoms with E-state index < -0.39 is 0 Å². The van der Waals surface area contributed by atoms with Crippen LogP contribution in [-0.2, 0) is 0 Å². The largest absolute Gasteiger partial charge is 0.310 e. The fraction of sp³-hybridized carbons (Fsp3) is 0.0323. The molecule has 1 heteroatoms. The lowest BCUT2D eigenvalue weighted by molar-refractivity contribution is 1.27. The number of aryl methyl sites for hydroxylation is 1. The van der Waals surface area contributed by atoms with Crippen molar-refractivity contribution in [1.82, 2.24) is 0 Å². The first-order valence-corrected chi connectivity index (χ1v) is 11.0. The lowest BCUT2D eigenvalue weighted by atomic mass is 10.0. The van der Waals surface area contributed by atoms with Gasteiger partial charge in [0.2, 0.25) is 0 Å². The predicted molar refractivity (Wildman–Crippen MR) is 137 cm³/mol. The molecular formula is C31H25N. The average molecular weight is 412 g/mol. The van der Waals surface area contributed by atoms with Crippen LogP contribution in [0.2, 0.25) is 0 Å². The van der Waals surface area contributed by atoms with Gasteiger partial charge in [0.05, 0.1) is 0 Å². The van der Waals surface area contributed by atoms with Gasteiger partial charge in [0.25, 0.3) is 0 Å². The van der Waals surface area contributed by atoms with E-state index in [4.69, 9.17) is 0 Å². The van der Waals surface area contributed by atoms with Crippen molar-refractivity contribution in [2.75, 3.05) is 4.90 Å². The normalized spacial score (nSPS) is 10.7. The minimum atomic E-state index is 1.14. The molecule has 0 amide bonds. The van der Waals surface area contributed by atoms with Crippen LogP contribution in [0.1, 0.15) is 5.56 Å². The zero-order chi connectivity index (χ0) is 21.8. The number of rotatable bonds is 5. The minimum absolute atomic E-state index is 1.14. The van der Waals surface area contributed by atoms with Gasteiger partial charge in [-0.3, -0.25) is 0 Å². The van der Waals surface area contributed by atoms with Gasteiger partial charge in [0.1, 0.15) is 0 Å². The van der Waals surface area contributed by atoms with Gasteiger partial charge in [0.15, 0.2) is 0 Å². The van der Waals surface area contributed by atoms with Crippen molar-refractivity contribution >= 4 is 17.1 Å². The maximum absolute atomic E-state index is 2.32. The Balaban J connectivity index is 1.54. The highest BCUT2D eigenvalue weighted by atomic mass is 15.1. The number of hydrogen-bond donors (Lipinski definition) is 0. The second-order valence-corrected chi connectivity index (χ2v) is 8.00. The lowest BCUT2D eigenvalue weighted by Crippen LogP contribution is -2.10. The smallest absolute Gasteiger partial charge is 0.0464 e. The molecule has 0 N–H and O–H groups in total. The molecule has 5 aromatic carbocycles. The molecule has 5 aromatic rings. The molecule has 5 rings (SSSR count). The zero-order valence-electron chi connectivity index (χ0n) is 18.1. The molecule has 32 heavy (non-hydrogen) atoms. The summed E-state index contributed by atoms with van der Waals surface area (Å²) in [5.74, 6) is 0. The van der Waals surface area contributed by atoms with Crippen molar-refractivity contribution < 1.29 is 0 Å². The van der Waals surface area contributed by atoms with E-state index in [1.807, 2.05) is 0 Å². The number of anilines is 3. The topological polar surface area (TPSA) is 3.24 Å². The molecule has 0 aliphatic heterocycles. The first-order chi connectivity index (χ1) is 15.8. The summed E-state index contributed by atoms with van der Waals surface area (Å²) in [7, 11) is 0. The Morgan fingerprint density at radius 1 is 0.375 bits per heavy atom. The van der Waals surface area contributed by atoms with Crippen LogP contribution in [0.4, 0.5) is 17.1 Å². The molecule has 0 saturated heterocycles. The molecule has 154 valence electrons. The molecule has 0 aliphatic carbocycles. The van der Waals surface area contributed by atoms with Gasteiger partial charge >= 0.3 is 0 Å². The van der Waals surface area contributed by atoms with Crippen molar-refractivity contribution in [2.24, 2.45) is 0 Å². The highest BCUT2D eigenvalue weighted by Crippen LogP contribution is 2.36. The second kappa shape index (κ2) is 8.95. The van der Waals surface area contributed by atoms with E-state index >= 15 is 0 Å². The standard InChI is InChI=1S/C31H25N/c1-24-9-8-14-31(23-24)32(29-19-15-27(16-20-29)25-10-4-2-5-11-25)30-21-17-28(18-22-30)26-12-6-3-7-13-26/h2-23H,1H3. The molecule has 0 unspecified atom stereocenters. The molecule has 0 aliphatic rings. The summed E-state index contributed by atoms with van der Waals surface area (Å²) >= 11 is 0. The molecule has 0 bridgehead atoms. The van der Waals surface area contributed by atoms with Crippen LogP contribution >= 0.6 is 0 Å². The first-order valence-electron chi connectivity index (χ1n) is 11.0. The first kappa shape index (κ1) is 19.8. The monoisotopic (exact) mass is 411 g/mol. The minimum Gasteiger partial charge on any atom is -0.310 e. The van der Waals surface area contributed by atoms with E-state index in [9.17, 15) is 0 Å². The van der Waals surface area contributed by atoms with Crippen molar-refractivity contribution in [2.45, 2.75) is 6.92 Å². The summed E-state index contributed by atoms with van der Waals surface area (Å²) in [5, 5.41) is 0. The summed E-state index contributed by atoms with van der Waals surface area (Å²) in [4.78, 5) is 2.32. The quantitative estimate of drug-likeness (QED) is 0.279. The second-order valence-electron chi connectivity index (χ2n) is 8.00. The van der Waals surface area contributed by atoms with Crippen molar-refractivity contribution in [3.63, 3.8) is 0 Å². The van der Waals surface area contributed by atoms with Gasteiger partial charge in [0, 0.05) is 17.1 Å². The Labute approximate surface area is 190 Å². The van der Waals surface area contributed by atoms with Gasteiger partial charge in [-0.25, -0.2) is 0 Å². The van der Waals surface area contributed by atoms with Crippen LogP contribution in [0, 0.1) is 6.92 Å². The molecule has 0 fully saturated rings. The molecular weight excluding hydrogens is 386 g/mol. The zero-order valence-corrected chi connectivity index (χ0v) is 18.1. The Morgan fingerprint density at radius 3 is 1.25 bits per heavy atom. The maximum atomic E-state index is 2.32. The third-order valence-corrected chi connectivity index (χ3v) is 5.73. The van der Waals surface area contributed by atoms with Crippen LogP contribution in [0.5, 0.6) is 0 Å². The third kappa shape index (κ3) is 4.19. The van der Waals surface area contributed by atoms with E-state index in [-0.39, 0.29) is 0 Å². The Hall–Kier alpha value is -4.10. The van der Waals surface area contributed by atoms with E-state index in [0.29, 0.717) is 0 Å². The molecule has 0 radical (unpaired) electrons. The van der Waals surface area contributed by atoms with Crippen LogP contribution in [0.3, 0.4) is 0 Å². The average Bonchev–Trinajstić information content (AvgIpc) is 2.86. The predicted octanol–water partition coefficient (Wildman–Crippen LogP) is 8.80. The third-order valence-electron chi connectivity index (χ3n) is 5.73. The van der Waals surface area contributed by atoms with Gasteiger partial charge < -0.3 is 4.90 Å². The van der Waals surface area contributed by atoms with Gasteiger partial charge in [-0.05, 0) is 71.1 Å². The number of hydrogen-bond acceptors (Lipinski definition) is 1. The highest BCUT2D eigenvalue weighted by Gasteiger charge is 2.13. The van der Waals surface area contributed by atoms with E-state index in [0.717, 1.165) is 17.1 Å². The molecule has 0 spiro atoms. The van der Waals surface area contributed by atoms with Crippen LogP contribution in [0.15, 0.2) is 133 Å². The number of benzene rings is 5. The van der Waals surface area contributed by atoms with Crippen molar-refractivity contribution in [3.8, 4) is 22.3 Å². The number of nitrogens with zero attached hydrogens (tertiary/aromatic N) is 1. The Morgan fingerprint density at radius 2 is 0.812 bits per heavy atom. The Kier molecular flexibility index (Phi) is 5.55. The Bertz CT molecular complexity index is 1210. The molecule has 0 atom stereocenters. The summed E-state index contributed by atoms with van der Waals surface area (Å²) in [5.41, 5.74) is 9.59. The summed E-state index contributed by atoms with van der Waals surface area (Å²) in [6.45, 7) is 2.14. The summed E-state index contributed by atoms with van der Waals surface area (Å²) in [6, 6.07) is 47.3. The van der Waals surface area contributed by atoms with Crippen molar-refractivity contribution in [1.29, 1.82) is 0 Å². The highest BCUT2D eigenvalue weighted by molar-refractivity contribution is 5.80. The molecule has 0 saturated carbocycles. The van der Waals surface area contributed by atoms with Crippen molar-refractivity contribution in [3.05, 3.63) is 139 Å². The molecule has 1 nitrogen and oxygen atoms in total. The molecule has 0 heterocycles. The van der Waals surface area contributed by atoms with Crippen LogP contribution < -0.4 is 4.90 Å². The van der Waals surface area contributed by atoms with Crippen LogP contribution in [-0.4, -0.2) is 0 Å². The summed E-state index contributed by atoms with van der Waals surface area (Å²) in [6.07, 6.45) is 0. The van der Waals surface area contributed by atoms with Gasteiger partial charge in [-0.2, -0.15) is 0 Å².